The smallest absolute Gasteiger partial charge is 0.0139 e. The number of rotatable bonds is 1. The average Bonchev–Trinajstić information content (AvgIpc) is 2.31. The van der Waals surface area contributed by atoms with Gasteiger partial charge in [0.25, 0.3) is 0 Å². The predicted molar refractivity (Wildman–Crippen MR) is 69.9 cm³/mol. The Morgan fingerprint density at radius 2 is 1.44 bits per heavy atom. The van der Waals surface area contributed by atoms with Crippen LogP contribution in [0.25, 0.3) is 0 Å². The van der Waals surface area contributed by atoms with Gasteiger partial charge in [0.15, 0.2) is 0 Å². The van der Waals surface area contributed by atoms with Crippen LogP contribution >= 0.6 is 12.4 Å². The van der Waals surface area contributed by atoms with Gasteiger partial charge in [0, 0.05) is 12.0 Å². The molecule has 2 unspecified atom stereocenters. The summed E-state index contributed by atoms with van der Waals surface area (Å²) in [7, 11) is 0. The second-order valence-corrected chi connectivity index (χ2v) is 5.19. The molecule has 2 heteroatoms. The summed E-state index contributed by atoms with van der Waals surface area (Å²) in [6.45, 7) is 0. The third-order valence-corrected chi connectivity index (χ3v) is 4.47. The van der Waals surface area contributed by atoms with E-state index in [-0.39, 0.29) is 12.4 Å². The van der Waals surface area contributed by atoms with Gasteiger partial charge in [0.05, 0.1) is 0 Å². The molecule has 0 aliphatic heterocycles. The molecule has 2 bridgehead atoms. The molecule has 0 aromatic heterocycles. The molecular weight excluding hydrogens is 218 g/mol. The first-order chi connectivity index (χ1) is 7.36. The highest BCUT2D eigenvalue weighted by molar-refractivity contribution is 5.85. The van der Waals surface area contributed by atoms with Gasteiger partial charge >= 0.3 is 0 Å². The SMILES string of the molecule is Cl.NC1C2CCC(CC2)C1c1ccccc1. The summed E-state index contributed by atoms with van der Waals surface area (Å²) in [5.41, 5.74) is 7.87. The van der Waals surface area contributed by atoms with Crippen molar-refractivity contribution in [1.29, 1.82) is 0 Å². The minimum Gasteiger partial charge on any atom is -0.327 e. The number of benzene rings is 1. The van der Waals surface area contributed by atoms with Crippen LogP contribution in [-0.4, -0.2) is 6.04 Å². The van der Waals surface area contributed by atoms with Crippen LogP contribution in [0.5, 0.6) is 0 Å². The van der Waals surface area contributed by atoms with Gasteiger partial charge in [-0.05, 0) is 43.1 Å². The van der Waals surface area contributed by atoms with Crippen LogP contribution in [0.4, 0.5) is 0 Å². The van der Waals surface area contributed by atoms with E-state index in [0.29, 0.717) is 12.0 Å². The lowest BCUT2D eigenvalue weighted by Gasteiger charge is -2.47. The van der Waals surface area contributed by atoms with Gasteiger partial charge in [-0.2, -0.15) is 0 Å². The Labute approximate surface area is 104 Å². The van der Waals surface area contributed by atoms with Crippen molar-refractivity contribution in [3.05, 3.63) is 35.9 Å². The van der Waals surface area contributed by atoms with Gasteiger partial charge in [-0.1, -0.05) is 30.3 Å². The zero-order valence-corrected chi connectivity index (χ0v) is 10.3. The van der Waals surface area contributed by atoms with Crippen LogP contribution in [0.15, 0.2) is 30.3 Å². The van der Waals surface area contributed by atoms with Crippen LogP contribution in [0.3, 0.4) is 0 Å². The molecule has 88 valence electrons. The fourth-order valence-electron chi connectivity index (χ4n) is 3.67. The number of hydrogen-bond donors (Lipinski definition) is 1. The fraction of sp³-hybridized carbons (Fsp3) is 0.571. The molecule has 1 nitrogen and oxygen atoms in total. The molecule has 2 atom stereocenters. The quantitative estimate of drug-likeness (QED) is 0.797. The Morgan fingerprint density at radius 1 is 0.875 bits per heavy atom. The largest absolute Gasteiger partial charge is 0.327 e. The van der Waals surface area contributed by atoms with E-state index in [1.165, 1.54) is 31.2 Å². The monoisotopic (exact) mass is 237 g/mol. The van der Waals surface area contributed by atoms with Crippen molar-refractivity contribution >= 4 is 12.4 Å². The third-order valence-electron chi connectivity index (χ3n) is 4.47. The minimum absolute atomic E-state index is 0. The first-order valence-corrected chi connectivity index (χ1v) is 6.17. The van der Waals surface area contributed by atoms with Crippen molar-refractivity contribution in [2.45, 2.75) is 37.6 Å². The second-order valence-electron chi connectivity index (χ2n) is 5.19. The van der Waals surface area contributed by atoms with Crippen molar-refractivity contribution in [2.24, 2.45) is 17.6 Å². The summed E-state index contributed by atoms with van der Waals surface area (Å²) in [5.74, 6) is 2.28. The molecule has 4 rings (SSSR count). The van der Waals surface area contributed by atoms with Gasteiger partial charge in [-0.15, -0.1) is 12.4 Å². The Balaban J connectivity index is 0.000000963. The van der Waals surface area contributed by atoms with Crippen molar-refractivity contribution < 1.29 is 0 Å². The standard InChI is InChI=1S/C14H19N.ClH/c15-14-12-8-6-11(7-9-12)13(14)10-4-2-1-3-5-10;/h1-5,11-14H,6-9,15H2;1H. The van der Waals surface area contributed by atoms with Crippen LogP contribution in [-0.2, 0) is 0 Å². The van der Waals surface area contributed by atoms with Crippen molar-refractivity contribution in [1.82, 2.24) is 0 Å². The van der Waals surface area contributed by atoms with Crippen molar-refractivity contribution in [3.8, 4) is 0 Å². The molecule has 0 saturated heterocycles. The zero-order valence-electron chi connectivity index (χ0n) is 9.51. The van der Waals surface area contributed by atoms with Gasteiger partial charge in [0.1, 0.15) is 0 Å². The number of fused-ring (bicyclic) bond motifs is 3. The Hall–Kier alpha value is -0.530. The number of halogens is 1. The van der Waals surface area contributed by atoms with Gasteiger partial charge < -0.3 is 5.73 Å². The molecule has 0 amide bonds. The average molecular weight is 238 g/mol. The molecule has 0 heterocycles. The van der Waals surface area contributed by atoms with Crippen molar-refractivity contribution in [3.63, 3.8) is 0 Å². The van der Waals surface area contributed by atoms with E-state index in [9.17, 15) is 0 Å². The lowest BCUT2D eigenvalue weighted by Crippen LogP contribution is -2.47. The molecule has 3 aliphatic carbocycles. The number of hydrogen-bond acceptors (Lipinski definition) is 1. The first kappa shape index (κ1) is 11.9. The molecule has 3 fully saturated rings. The Bertz CT molecular complexity index is 328. The lowest BCUT2D eigenvalue weighted by atomic mass is 9.60. The molecule has 3 saturated carbocycles. The molecule has 1 aromatic rings. The van der Waals surface area contributed by atoms with Crippen LogP contribution in [0.1, 0.15) is 37.2 Å². The van der Waals surface area contributed by atoms with E-state index in [1.54, 1.807) is 0 Å². The highest BCUT2D eigenvalue weighted by Crippen LogP contribution is 2.48. The molecule has 2 N–H and O–H groups in total. The Morgan fingerprint density at radius 3 is 2.00 bits per heavy atom. The number of nitrogens with two attached hydrogens (primary N) is 1. The lowest BCUT2D eigenvalue weighted by molar-refractivity contribution is 0.116. The summed E-state index contributed by atoms with van der Waals surface area (Å²) < 4.78 is 0. The highest BCUT2D eigenvalue weighted by Gasteiger charge is 2.42. The summed E-state index contributed by atoms with van der Waals surface area (Å²) in [6.07, 6.45) is 5.54. The van der Waals surface area contributed by atoms with E-state index < -0.39 is 0 Å². The Kier molecular flexibility index (Phi) is 3.56. The molecule has 0 radical (unpaired) electrons. The topological polar surface area (TPSA) is 26.0 Å². The molecule has 3 aliphatic rings. The van der Waals surface area contributed by atoms with E-state index in [1.807, 2.05) is 0 Å². The molecular formula is C14H20ClN. The van der Waals surface area contributed by atoms with Crippen LogP contribution in [0, 0.1) is 11.8 Å². The normalized spacial score (nSPS) is 36.8. The summed E-state index contributed by atoms with van der Waals surface area (Å²) >= 11 is 0. The maximum Gasteiger partial charge on any atom is 0.0139 e. The van der Waals surface area contributed by atoms with Gasteiger partial charge in [-0.25, -0.2) is 0 Å². The van der Waals surface area contributed by atoms with Gasteiger partial charge in [-0.3, -0.25) is 0 Å². The maximum atomic E-state index is 6.40. The molecule has 1 aromatic carbocycles. The maximum absolute atomic E-state index is 6.40. The fourth-order valence-corrected chi connectivity index (χ4v) is 3.67. The molecule has 16 heavy (non-hydrogen) atoms. The summed E-state index contributed by atoms with van der Waals surface area (Å²) in [4.78, 5) is 0. The summed E-state index contributed by atoms with van der Waals surface area (Å²) in [5, 5.41) is 0. The van der Waals surface area contributed by atoms with Crippen LogP contribution in [0.2, 0.25) is 0 Å². The predicted octanol–water partition coefficient (Wildman–Crippen LogP) is 3.34. The van der Waals surface area contributed by atoms with Crippen LogP contribution < -0.4 is 5.73 Å². The highest BCUT2D eigenvalue weighted by atomic mass is 35.5. The van der Waals surface area contributed by atoms with Crippen molar-refractivity contribution in [2.75, 3.05) is 0 Å². The van der Waals surface area contributed by atoms with E-state index in [4.69, 9.17) is 5.73 Å². The van der Waals surface area contributed by atoms with E-state index in [0.717, 1.165) is 11.8 Å². The second kappa shape index (κ2) is 4.77. The van der Waals surface area contributed by atoms with E-state index >= 15 is 0 Å². The van der Waals surface area contributed by atoms with E-state index in [2.05, 4.69) is 30.3 Å². The molecule has 0 spiro atoms. The first-order valence-electron chi connectivity index (χ1n) is 6.17. The van der Waals surface area contributed by atoms with Gasteiger partial charge in [0.2, 0.25) is 0 Å². The zero-order chi connectivity index (χ0) is 10.3. The minimum atomic E-state index is 0. The third kappa shape index (κ3) is 1.87. The summed E-state index contributed by atoms with van der Waals surface area (Å²) in [6, 6.07) is 11.3.